The first-order valence-corrected chi connectivity index (χ1v) is 6.90. The van der Waals surface area contributed by atoms with Gasteiger partial charge in [-0.3, -0.25) is 4.79 Å². The average Bonchev–Trinajstić information content (AvgIpc) is 2.40. The fraction of sp³-hybridized carbons (Fsp3) is 0.562. The van der Waals surface area contributed by atoms with Gasteiger partial charge in [0.25, 0.3) is 0 Å². The molecular formula is C16H23NO2. The zero-order valence-corrected chi connectivity index (χ0v) is 12.1. The van der Waals surface area contributed by atoms with Crippen LogP contribution < -0.4 is 4.74 Å². The Kier molecular flexibility index (Phi) is 4.59. The van der Waals surface area contributed by atoms with Crippen molar-refractivity contribution in [2.75, 3.05) is 27.7 Å². The summed E-state index contributed by atoms with van der Waals surface area (Å²) in [5.74, 6) is 2.15. The number of carbonyl (C=O) groups is 1. The monoisotopic (exact) mass is 261 g/mol. The summed E-state index contributed by atoms with van der Waals surface area (Å²) in [6, 6.07) is 8.16. The molecule has 0 amide bonds. The van der Waals surface area contributed by atoms with Gasteiger partial charge in [0.2, 0.25) is 0 Å². The second kappa shape index (κ2) is 6.20. The summed E-state index contributed by atoms with van der Waals surface area (Å²) in [4.78, 5) is 14.0. The third-order valence-electron chi connectivity index (χ3n) is 3.93. The maximum atomic E-state index is 11.8. The fourth-order valence-electron chi connectivity index (χ4n) is 3.01. The minimum atomic E-state index is 0.332. The molecule has 0 N–H and O–H groups in total. The SMILES string of the molecule is COc1cccc([C@H]2CC(=O)CC[C@@H]2CN(C)C)c1. The Hall–Kier alpha value is -1.35. The van der Waals surface area contributed by atoms with Crippen LogP contribution in [0.2, 0.25) is 0 Å². The summed E-state index contributed by atoms with van der Waals surface area (Å²) in [6.07, 6.45) is 2.41. The van der Waals surface area contributed by atoms with E-state index in [-0.39, 0.29) is 0 Å². The van der Waals surface area contributed by atoms with E-state index >= 15 is 0 Å². The number of carbonyl (C=O) groups excluding carboxylic acids is 1. The topological polar surface area (TPSA) is 29.5 Å². The molecule has 1 aliphatic carbocycles. The molecule has 104 valence electrons. The number of ketones is 1. The summed E-state index contributed by atoms with van der Waals surface area (Å²) < 4.78 is 5.29. The molecule has 1 saturated carbocycles. The molecule has 0 aromatic heterocycles. The Morgan fingerprint density at radius 1 is 1.37 bits per heavy atom. The van der Waals surface area contributed by atoms with Gasteiger partial charge in [0.05, 0.1) is 7.11 Å². The van der Waals surface area contributed by atoms with Crippen LogP contribution in [0, 0.1) is 5.92 Å². The van der Waals surface area contributed by atoms with Gasteiger partial charge in [-0.25, -0.2) is 0 Å². The van der Waals surface area contributed by atoms with Crippen molar-refractivity contribution in [3.8, 4) is 5.75 Å². The van der Waals surface area contributed by atoms with Crippen molar-refractivity contribution < 1.29 is 9.53 Å². The summed E-state index contributed by atoms with van der Waals surface area (Å²) in [5.41, 5.74) is 1.24. The molecule has 0 saturated heterocycles. The molecule has 1 aromatic rings. The first-order chi connectivity index (χ1) is 9.10. The highest BCUT2D eigenvalue weighted by Gasteiger charge is 2.30. The molecule has 3 heteroatoms. The van der Waals surface area contributed by atoms with Gasteiger partial charge in [-0.1, -0.05) is 12.1 Å². The summed E-state index contributed by atoms with van der Waals surface area (Å²) >= 11 is 0. The number of hydrogen-bond acceptors (Lipinski definition) is 3. The van der Waals surface area contributed by atoms with Crippen LogP contribution in [-0.4, -0.2) is 38.4 Å². The van der Waals surface area contributed by atoms with Crippen molar-refractivity contribution in [1.82, 2.24) is 4.90 Å². The van der Waals surface area contributed by atoms with Gasteiger partial charge in [0.15, 0.2) is 0 Å². The number of methoxy groups -OCH3 is 1. The van der Waals surface area contributed by atoms with Crippen LogP contribution in [0.4, 0.5) is 0 Å². The molecule has 1 aliphatic rings. The largest absolute Gasteiger partial charge is 0.497 e. The highest BCUT2D eigenvalue weighted by Crippen LogP contribution is 2.37. The zero-order chi connectivity index (χ0) is 13.8. The van der Waals surface area contributed by atoms with Crippen LogP contribution in [-0.2, 0) is 4.79 Å². The van der Waals surface area contributed by atoms with E-state index < -0.39 is 0 Å². The Morgan fingerprint density at radius 2 is 2.16 bits per heavy atom. The summed E-state index contributed by atoms with van der Waals surface area (Å²) in [7, 11) is 5.88. The lowest BCUT2D eigenvalue weighted by Crippen LogP contribution is -2.31. The Bertz CT molecular complexity index is 442. The average molecular weight is 261 g/mol. The van der Waals surface area contributed by atoms with Crippen LogP contribution in [0.3, 0.4) is 0 Å². The van der Waals surface area contributed by atoms with Gasteiger partial charge in [-0.05, 0) is 50.0 Å². The van der Waals surface area contributed by atoms with Crippen molar-refractivity contribution >= 4 is 5.78 Å². The second-order valence-electron chi connectivity index (χ2n) is 5.69. The van der Waals surface area contributed by atoms with Crippen LogP contribution in [0.1, 0.15) is 30.7 Å². The first kappa shape index (κ1) is 14.1. The van der Waals surface area contributed by atoms with Gasteiger partial charge in [-0.15, -0.1) is 0 Å². The van der Waals surface area contributed by atoms with E-state index in [0.29, 0.717) is 24.0 Å². The molecule has 19 heavy (non-hydrogen) atoms. The maximum absolute atomic E-state index is 11.8. The van der Waals surface area contributed by atoms with E-state index in [2.05, 4.69) is 31.1 Å². The highest BCUT2D eigenvalue weighted by atomic mass is 16.5. The lowest BCUT2D eigenvalue weighted by atomic mass is 9.74. The molecular weight excluding hydrogens is 238 g/mol. The minimum absolute atomic E-state index is 0.332. The molecule has 3 nitrogen and oxygen atoms in total. The number of nitrogens with zero attached hydrogens (tertiary/aromatic N) is 1. The molecule has 2 atom stereocenters. The standard InChI is InChI=1S/C16H23NO2/c1-17(2)11-13-7-8-14(18)10-16(13)12-5-4-6-15(9-12)19-3/h4-6,9,13,16H,7-8,10-11H2,1-3H3/t13-,16-/m1/s1. The number of rotatable bonds is 4. The molecule has 1 aromatic carbocycles. The smallest absolute Gasteiger partial charge is 0.133 e. The quantitative estimate of drug-likeness (QED) is 0.834. The van der Waals surface area contributed by atoms with Crippen LogP contribution in [0.15, 0.2) is 24.3 Å². The number of ether oxygens (including phenoxy) is 1. The van der Waals surface area contributed by atoms with Gasteiger partial charge in [0.1, 0.15) is 11.5 Å². The van der Waals surface area contributed by atoms with E-state index in [4.69, 9.17) is 4.74 Å². The van der Waals surface area contributed by atoms with E-state index in [9.17, 15) is 4.79 Å². The molecule has 1 fully saturated rings. The van der Waals surface area contributed by atoms with E-state index in [1.54, 1.807) is 7.11 Å². The van der Waals surface area contributed by atoms with Crippen molar-refractivity contribution in [2.24, 2.45) is 5.92 Å². The molecule has 0 unspecified atom stereocenters. The van der Waals surface area contributed by atoms with Crippen molar-refractivity contribution in [3.05, 3.63) is 29.8 Å². The molecule has 0 aliphatic heterocycles. The normalized spacial score (nSPS) is 23.7. The Morgan fingerprint density at radius 3 is 2.84 bits per heavy atom. The summed E-state index contributed by atoms with van der Waals surface area (Å²) in [6.45, 7) is 1.04. The second-order valence-corrected chi connectivity index (χ2v) is 5.69. The third-order valence-corrected chi connectivity index (χ3v) is 3.93. The van der Waals surface area contributed by atoms with Crippen molar-refractivity contribution in [2.45, 2.75) is 25.2 Å². The first-order valence-electron chi connectivity index (χ1n) is 6.90. The zero-order valence-electron chi connectivity index (χ0n) is 12.1. The predicted molar refractivity (Wildman–Crippen MR) is 76.6 cm³/mol. The van der Waals surface area contributed by atoms with Crippen LogP contribution in [0.5, 0.6) is 5.75 Å². The van der Waals surface area contributed by atoms with Crippen molar-refractivity contribution in [3.63, 3.8) is 0 Å². The van der Waals surface area contributed by atoms with Gasteiger partial charge in [0, 0.05) is 19.4 Å². The van der Waals surface area contributed by atoms with Crippen LogP contribution >= 0.6 is 0 Å². The molecule has 0 spiro atoms. The third kappa shape index (κ3) is 3.57. The Balaban J connectivity index is 2.22. The fourth-order valence-corrected chi connectivity index (χ4v) is 3.01. The lowest BCUT2D eigenvalue weighted by Gasteiger charge is -2.33. The van der Waals surface area contributed by atoms with Gasteiger partial charge < -0.3 is 9.64 Å². The molecule has 0 bridgehead atoms. The van der Waals surface area contributed by atoms with E-state index in [0.717, 1.165) is 25.1 Å². The minimum Gasteiger partial charge on any atom is -0.497 e. The van der Waals surface area contributed by atoms with Gasteiger partial charge >= 0.3 is 0 Å². The highest BCUT2D eigenvalue weighted by molar-refractivity contribution is 5.80. The van der Waals surface area contributed by atoms with Crippen LogP contribution in [0.25, 0.3) is 0 Å². The van der Waals surface area contributed by atoms with Crippen molar-refractivity contribution in [1.29, 1.82) is 0 Å². The molecule has 0 heterocycles. The summed E-state index contributed by atoms with van der Waals surface area (Å²) in [5, 5.41) is 0. The number of Topliss-reactive ketones (excluding diaryl/α,β-unsaturated/α-hetero) is 1. The Labute approximate surface area is 115 Å². The number of hydrogen-bond donors (Lipinski definition) is 0. The maximum Gasteiger partial charge on any atom is 0.133 e. The number of benzene rings is 1. The van der Waals surface area contributed by atoms with Gasteiger partial charge in [-0.2, -0.15) is 0 Å². The molecule has 2 rings (SSSR count). The molecule has 0 radical (unpaired) electrons. The van der Waals surface area contributed by atoms with E-state index in [1.165, 1.54) is 5.56 Å². The predicted octanol–water partition coefficient (Wildman–Crippen LogP) is 2.71. The van der Waals surface area contributed by atoms with E-state index in [1.807, 2.05) is 12.1 Å². The lowest BCUT2D eigenvalue weighted by molar-refractivity contribution is -0.121.